The van der Waals surface area contributed by atoms with Gasteiger partial charge in [0.05, 0.1) is 24.8 Å². The number of hydrogen-bond acceptors (Lipinski definition) is 4. The third kappa shape index (κ3) is 4.21. The normalized spacial score (nSPS) is 11.6. The Morgan fingerprint density at radius 1 is 1.45 bits per heavy atom. The van der Waals surface area contributed by atoms with E-state index in [1.165, 1.54) is 0 Å². The van der Waals surface area contributed by atoms with Gasteiger partial charge in [0.25, 0.3) is 6.43 Å². The zero-order valence-electron chi connectivity index (χ0n) is 9.87. The number of halogens is 5. The summed E-state index contributed by atoms with van der Waals surface area (Å²) in [5.74, 6) is -3.24. The zero-order chi connectivity index (χ0) is 15.5. The number of ether oxygens (including phenoxy) is 2. The Morgan fingerprint density at radius 3 is 2.45 bits per heavy atom. The van der Waals surface area contributed by atoms with Crippen LogP contribution in [0.15, 0.2) is 6.07 Å². The second kappa shape index (κ2) is 5.88. The molecular weight excluding hydrogens is 293 g/mol. The Bertz CT molecular complexity index is 503. The van der Waals surface area contributed by atoms with Gasteiger partial charge in [-0.05, 0) is 0 Å². The van der Waals surface area contributed by atoms with Gasteiger partial charge in [0.1, 0.15) is 5.75 Å². The van der Waals surface area contributed by atoms with Crippen molar-refractivity contribution in [2.24, 2.45) is 0 Å². The number of methoxy groups -OCH3 is 1. The van der Waals surface area contributed by atoms with Crippen molar-refractivity contribution in [3.8, 4) is 11.6 Å². The van der Waals surface area contributed by atoms with Crippen LogP contribution in [0.3, 0.4) is 0 Å². The van der Waals surface area contributed by atoms with Crippen LogP contribution >= 0.6 is 0 Å². The largest absolute Gasteiger partial charge is 0.573 e. The molecule has 5 nitrogen and oxygen atoms in total. The van der Waals surface area contributed by atoms with Gasteiger partial charge in [-0.3, -0.25) is 4.79 Å². The first-order chi connectivity index (χ1) is 9.14. The van der Waals surface area contributed by atoms with Crippen molar-refractivity contribution in [2.45, 2.75) is 19.2 Å². The molecule has 20 heavy (non-hydrogen) atoms. The number of pyridine rings is 1. The Balaban J connectivity index is 3.41. The molecule has 0 aliphatic carbocycles. The van der Waals surface area contributed by atoms with Crippen LogP contribution in [0.25, 0.3) is 0 Å². The lowest BCUT2D eigenvalue weighted by Gasteiger charge is -2.16. The molecule has 10 heteroatoms. The summed E-state index contributed by atoms with van der Waals surface area (Å²) in [6.45, 7) is 0. The summed E-state index contributed by atoms with van der Waals surface area (Å²) >= 11 is 0. The van der Waals surface area contributed by atoms with E-state index in [1.54, 1.807) is 0 Å². The number of hydrogen-bond donors (Lipinski definition) is 1. The maximum absolute atomic E-state index is 12.8. The molecule has 0 saturated heterocycles. The van der Waals surface area contributed by atoms with E-state index in [0.29, 0.717) is 6.07 Å². The van der Waals surface area contributed by atoms with Crippen molar-refractivity contribution in [3.63, 3.8) is 0 Å². The van der Waals surface area contributed by atoms with E-state index in [2.05, 4.69) is 14.5 Å². The van der Waals surface area contributed by atoms with Crippen molar-refractivity contribution in [1.82, 2.24) is 4.98 Å². The Labute approximate surface area is 108 Å². The maximum atomic E-state index is 12.8. The van der Waals surface area contributed by atoms with E-state index in [1.807, 2.05) is 0 Å². The number of carbonyl (C=O) groups is 1. The highest BCUT2D eigenvalue weighted by molar-refractivity contribution is 5.70. The average Bonchev–Trinajstić information content (AvgIpc) is 2.24. The van der Waals surface area contributed by atoms with Gasteiger partial charge in [0, 0.05) is 6.07 Å². The Hall–Kier alpha value is -2.13. The monoisotopic (exact) mass is 301 g/mol. The zero-order valence-corrected chi connectivity index (χ0v) is 9.87. The highest BCUT2D eigenvalue weighted by atomic mass is 19.4. The van der Waals surface area contributed by atoms with Gasteiger partial charge in [-0.25, -0.2) is 13.8 Å². The topological polar surface area (TPSA) is 68.7 Å². The molecule has 0 saturated carbocycles. The van der Waals surface area contributed by atoms with Gasteiger partial charge in [0.2, 0.25) is 5.88 Å². The third-order valence-electron chi connectivity index (χ3n) is 2.05. The smallest absolute Gasteiger partial charge is 0.481 e. The quantitative estimate of drug-likeness (QED) is 0.846. The van der Waals surface area contributed by atoms with Crippen LogP contribution in [-0.2, 0) is 11.2 Å². The van der Waals surface area contributed by atoms with Crippen molar-refractivity contribution < 1.29 is 41.3 Å². The van der Waals surface area contributed by atoms with Crippen LogP contribution in [0.5, 0.6) is 11.6 Å². The minimum atomic E-state index is -5.21. The van der Waals surface area contributed by atoms with Crippen molar-refractivity contribution in [2.75, 3.05) is 7.11 Å². The van der Waals surface area contributed by atoms with E-state index >= 15 is 0 Å². The van der Waals surface area contributed by atoms with Crippen LogP contribution in [0.2, 0.25) is 0 Å². The predicted molar refractivity (Wildman–Crippen MR) is 53.8 cm³/mol. The molecule has 1 rings (SSSR count). The average molecular weight is 301 g/mol. The maximum Gasteiger partial charge on any atom is 0.573 e. The van der Waals surface area contributed by atoms with E-state index in [9.17, 15) is 26.7 Å². The Morgan fingerprint density at radius 2 is 2.05 bits per heavy atom. The molecule has 1 heterocycles. The van der Waals surface area contributed by atoms with Crippen LogP contribution < -0.4 is 9.47 Å². The second-order valence-electron chi connectivity index (χ2n) is 3.44. The van der Waals surface area contributed by atoms with Crippen molar-refractivity contribution in [1.29, 1.82) is 0 Å². The Kier molecular flexibility index (Phi) is 4.69. The van der Waals surface area contributed by atoms with Gasteiger partial charge in [-0.1, -0.05) is 0 Å². The minimum Gasteiger partial charge on any atom is -0.481 e. The summed E-state index contributed by atoms with van der Waals surface area (Å²) in [6.07, 6.45) is -9.60. The summed E-state index contributed by atoms with van der Waals surface area (Å²) < 4.78 is 70.2. The lowest BCUT2D eigenvalue weighted by Crippen LogP contribution is -2.19. The van der Waals surface area contributed by atoms with Crippen LogP contribution in [0, 0.1) is 0 Å². The molecule has 0 bridgehead atoms. The highest BCUT2D eigenvalue weighted by Crippen LogP contribution is 2.37. The molecule has 1 aromatic rings. The molecule has 0 atom stereocenters. The number of rotatable bonds is 5. The SMILES string of the molecule is COc1cc(OC(F)(F)F)c(C(F)F)c(CC(=O)O)n1. The summed E-state index contributed by atoms with van der Waals surface area (Å²) in [5, 5.41) is 8.57. The molecule has 0 spiro atoms. The van der Waals surface area contributed by atoms with E-state index in [0.717, 1.165) is 7.11 Å². The first-order valence-electron chi connectivity index (χ1n) is 4.97. The number of carboxylic acid groups (broad SMARTS) is 1. The highest BCUT2D eigenvalue weighted by Gasteiger charge is 2.35. The van der Waals surface area contributed by atoms with Crippen LogP contribution in [0.4, 0.5) is 22.0 Å². The molecular formula is C10H8F5NO4. The minimum absolute atomic E-state index is 0.468. The molecule has 0 aliphatic rings. The van der Waals surface area contributed by atoms with Gasteiger partial charge in [0.15, 0.2) is 0 Å². The number of aromatic nitrogens is 1. The summed E-state index contributed by atoms with van der Waals surface area (Å²) in [6, 6.07) is 0.514. The lowest BCUT2D eigenvalue weighted by molar-refractivity contribution is -0.275. The standard InChI is InChI=1S/C10H8F5NO4/c1-19-6-3-5(20-10(13,14)15)8(9(11)12)4(16-6)2-7(17)18/h3,9H,2H2,1H3,(H,17,18). The first-order valence-corrected chi connectivity index (χ1v) is 4.97. The lowest BCUT2D eigenvalue weighted by atomic mass is 10.1. The molecule has 0 aliphatic heterocycles. The molecule has 0 unspecified atom stereocenters. The number of carboxylic acids is 1. The van der Waals surface area contributed by atoms with Gasteiger partial charge in [-0.15, -0.1) is 13.2 Å². The number of aliphatic carboxylic acids is 1. The van der Waals surface area contributed by atoms with Crippen molar-refractivity contribution in [3.05, 3.63) is 17.3 Å². The fourth-order valence-electron chi connectivity index (χ4n) is 1.38. The predicted octanol–water partition coefficient (Wildman–Crippen LogP) is 2.55. The molecule has 1 aromatic heterocycles. The van der Waals surface area contributed by atoms with Gasteiger partial charge in [-0.2, -0.15) is 0 Å². The second-order valence-corrected chi connectivity index (χ2v) is 3.44. The molecule has 0 fully saturated rings. The summed E-state index contributed by atoms with van der Waals surface area (Å²) in [5.41, 5.74) is -1.99. The van der Waals surface area contributed by atoms with E-state index in [-0.39, 0.29) is 0 Å². The van der Waals surface area contributed by atoms with Crippen LogP contribution in [-0.4, -0.2) is 29.5 Å². The first kappa shape index (κ1) is 15.9. The van der Waals surface area contributed by atoms with E-state index in [4.69, 9.17) is 5.11 Å². The van der Waals surface area contributed by atoms with Gasteiger partial charge < -0.3 is 14.6 Å². The van der Waals surface area contributed by atoms with Gasteiger partial charge >= 0.3 is 12.3 Å². The third-order valence-corrected chi connectivity index (χ3v) is 2.05. The number of alkyl halides is 5. The molecule has 0 aromatic carbocycles. The fraction of sp³-hybridized carbons (Fsp3) is 0.400. The van der Waals surface area contributed by atoms with E-state index < -0.39 is 48.1 Å². The summed E-state index contributed by atoms with van der Waals surface area (Å²) in [4.78, 5) is 14.0. The summed E-state index contributed by atoms with van der Waals surface area (Å²) in [7, 11) is 1.03. The molecule has 1 N–H and O–H groups in total. The molecule has 112 valence electrons. The number of nitrogens with zero attached hydrogens (tertiary/aromatic N) is 1. The fourth-order valence-corrected chi connectivity index (χ4v) is 1.38. The molecule has 0 amide bonds. The molecule has 0 radical (unpaired) electrons. The van der Waals surface area contributed by atoms with Crippen LogP contribution in [0.1, 0.15) is 17.7 Å². The van der Waals surface area contributed by atoms with Crippen molar-refractivity contribution >= 4 is 5.97 Å².